The Labute approximate surface area is 158 Å². The van der Waals surface area contributed by atoms with E-state index in [1.54, 1.807) is 12.4 Å². The molecule has 0 amide bonds. The lowest BCUT2D eigenvalue weighted by molar-refractivity contribution is 0.281. The molecule has 0 radical (unpaired) electrons. The van der Waals surface area contributed by atoms with Crippen molar-refractivity contribution in [2.24, 2.45) is 0 Å². The van der Waals surface area contributed by atoms with Crippen molar-refractivity contribution in [3.05, 3.63) is 54.9 Å². The third kappa shape index (κ3) is 5.15. The van der Waals surface area contributed by atoms with Gasteiger partial charge in [-0.1, -0.05) is 0 Å². The molecule has 1 aromatic carbocycles. The summed E-state index contributed by atoms with van der Waals surface area (Å²) >= 11 is 0. The molecule has 0 spiro atoms. The highest BCUT2D eigenvalue weighted by molar-refractivity contribution is 5.67. The lowest BCUT2D eigenvalue weighted by atomic mass is 10.2. The number of pyridine rings is 1. The summed E-state index contributed by atoms with van der Waals surface area (Å²) in [5.74, 6) is 1.90. The molecule has 0 unspecified atom stereocenters. The minimum absolute atomic E-state index is 0.0118. The van der Waals surface area contributed by atoms with Gasteiger partial charge in [0.1, 0.15) is 11.6 Å². The highest BCUT2D eigenvalue weighted by atomic mass is 16.5. The minimum Gasteiger partial charge on any atom is -0.494 e. The van der Waals surface area contributed by atoms with Gasteiger partial charge >= 0.3 is 0 Å². The quantitative estimate of drug-likeness (QED) is 0.563. The number of aliphatic hydroxyl groups excluding tert-OH is 1. The lowest BCUT2D eigenvalue weighted by Gasteiger charge is -2.14. The first-order chi connectivity index (χ1) is 13.2. The van der Waals surface area contributed by atoms with Gasteiger partial charge in [0.2, 0.25) is 5.95 Å². The van der Waals surface area contributed by atoms with E-state index in [-0.39, 0.29) is 12.6 Å². The zero-order valence-electron chi connectivity index (χ0n) is 15.4. The molecule has 7 nitrogen and oxygen atoms in total. The fourth-order valence-corrected chi connectivity index (χ4v) is 2.45. The Morgan fingerprint density at radius 1 is 1.15 bits per heavy atom. The third-order valence-corrected chi connectivity index (χ3v) is 3.77. The highest BCUT2D eigenvalue weighted by Crippen LogP contribution is 2.24. The molecular formula is C20H23N5O2. The molecule has 2 aromatic heterocycles. The molecule has 7 heteroatoms. The second-order valence-corrected chi connectivity index (χ2v) is 6.01. The van der Waals surface area contributed by atoms with Crippen molar-refractivity contribution < 1.29 is 9.84 Å². The smallest absolute Gasteiger partial charge is 0.225 e. The molecule has 3 aromatic rings. The Bertz CT molecular complexity index is 856. The van der Waals surface area contributed by atoms with E-state index < -0.39 is 0 Å². The number of rotatable bonds is 8. The number of nitrogens with zero attached hydrogens (tertiary/aromatic N) is 3. The Balaban J connectivity index is 1.89. The highest BCUT2D eigenvalue weighted by Gasteiger charge is 2.10. The van der Waals surface area contributed by atoms with Gasteiger partial charge in [-0.15, -0.1) is 0 Å². The first-order valence-electron chi connectivity index (χ1n) is 8.84. The number of aromatic nitrogens is 3. The van der Waals surface area contributed by atoms with E-state index in [9.17, 15) is 5.11 Å². The van der Waals surface area contributed by atoms with Crippen LogP contribution in [0.5, 0.6) is 5.75 Å². The number of nitrogens with one attached hydrogen (secondary N) is 2. The maximum atomic E-state index is 9.30. The van der Waals surface area contributed by atoms with Crippen molar-refractivity contribution in [1.29, 1.82) is 0 Å². The van der Waals surface area contributed by atoms with Crippen molar-refractivity contribution >= 4 is 17.5 Å². The van der Waals surface area contributed by atoms with Gasteiger partial charge in [-0.2, -0.15) is 4.98 Å². The van der Waals surface area contributed by atoms with Crippen LogP contribution in [0, 0.1) is 0 Å². The van der Waals surface area contributed by atoms with Gasteiger partial charge < -0.3 is 20.5 Å². The molecule has 0 aliphatic rings. The molecule has 27 heavy (non-hydrogen) atoms. The first-order valence-corrected chi connectivity index (χ1v) is 8.84. The number of anilines is 3. The van der Waals surface area contributed by atoms with Crippen LogP contribution in [0.2, 0.25) is 0 Å². The second kappa shape index (κ2) is 8.95. The first kappa shape index (κ1) is 18.6. The van der Waals surface area contributed by atoms with Crippen molar-refractivity contribution in [2.75, 3.05) is 23.8 Å². The molecule has 140 valence electrons. The van der Waals surface area contributed by atoms with E-state index in [0.29, 0.717) is 18.4 Å². The standard InChI is InChI=1S/C20H23N5O2/c1-3-27-17-8-6-16(7-9-17)23-19-11-18(15-5-4-10-21-12-15)24-20(25-19)22-14(2)13-26/h4-12,14,26H,3,13H2,1-2H3,(H2,22,23,24,25)/t14-/m1/s1. The van der Waals surface area contributed by atoms with Crippen LogP contribution in [0.1, 0.15) is 13.8 Å². The molecule has 0 fully saturated rings. The van der Waals surface area contributed by atoms with E-state index in [0.717, 1.165) is 22.7 Å². The van der Waals surface area contributed by atoms with Crippen molar-refractivity contribution in [3.63, 3.8) is 0 Å². The van der Waals surface area contributed by atoms with E-state index >= 15 is 0 Å². The fourth-order valence-electron chi connectivity index (χ4n) is 2.45. The molecule has 0 saturated heterocycles. The summed E-state index contributed by atoms with van der Waals surface area (Å²) in [5.41, 5.74) is 2.50. The normalized spacial score (nSPS) is 11.7. The van der Waals surface area contributed by atoms with Gasteiger partial charge in [0.15, 0.2) is 0 Å². The Morgan fingerprint density at radius 3 is 2.63 bits per heavy atom. The SMILES string of the molecule is CCOc1ccc(Nc2cc(-c3cccnc3)nc(N[C@H](C)CO)n2)cc1. The number of hydrogen-bond acceptors (Lipinski definition) is 7. The van der Waals surface area contributed by atoms with Gasteiger partial charge in [0.05, 0.1) is 18.9 Å². The molecule has 3 N–H and O–H groups in total. The topological polar surface area (TPSA) is 92.2 Å². The monoisotopic (exact) mass is 365 g/mol. The minimum atomic E-state index is -0.160. The summed E-state index contributed by atoms with van der Waals surface area (Å²) in [4.78, 5) is 13.2. The maximum Gasteiger partial charge on any atom is 0.225 e. The van der Waals surface area contributed by atoms with E-state index in [4.69, 9.17) is 4.74 Å². The Kier molecular flexibility index (Phi) is 6.17. The third-order valence-electron chi connectivity index (χ3n) is 3.77. The molecule has 0 aliphatic heterocycles. The zero-order chi connectivity index (χ0) is 19.1. The number of ether oxygens (including phenoxy) is 1. The van der Waals surface area contributed by atoms with Gasteiger partial charge in [0.25, 0.3) is 0 Å². The summed E-state index contributed by atoms with van der Waals surface area (Å²) in [5, 5.41) is 15.7. The number of aliphatic hydroxyl groups is 1. The number of hydrogen-bond donors (Lipinski definition) is 3. The largest absolute Gasteiger partial charge is 0.494 e. The summed E-state index contributed by atoms with van der Waals surface area (Å²) in [6.07, 6.45) is 3.47. The van der Waals surface area contributed by atoms with Crippen LogP contribution in [-0.2, 0) is 0 Å². The van der Waals surface area contributed by atoms with Crippen LogP contribution < -0.4 is 15.4 Å². The molecular weight excluding hydrogens is 342 g/mol. The van der Waals surface area contributed by atoms with Crippen molar-refractivity contribution in [1.82, 2.24) is 15.0 Å². The van der Waals surface area contributed by atoms with E-state index in [2.05, 4.69) is 25.6 Å². The average Bonchev–Trinajstić information content (AvgIpc) is 2.70. The van der Waals surface area contributed by atoms with Crippen LogP contribution >= 0.6 is 0 Å². The van der Waals surface area contributed by atoms with Crippen LogP contribution in [0.3, 0.4) is 0 Å². The maximum absolute atomic E-state index is 9.30. The fraction of sp³-hybridized carbons (Fsp3) is 0.250. The van der Waals surface area contributed by atoms with Crippen LogP contribution in [0.25, 0.3) is 11.3 Å². The Hall–Kier alpha value is -3.19. The van der Waals surface area contributed by atoms with E-state index in [1.165, 1.54) is 0 Å². The summed E-state index contributed by atoms with van der Waals surface area (Å²) < 4.78 is 5.47. The molecule has 1 atom stereocenters. The second-order valence-electron chi connectivity index (χ2n) is 6.01. The molecule has 0 saturated carbocycles. The van der Waals surface area contributed by atoms with Gasteiger partial charge in [-0.25, -0.2) is 4.98 Å². The molecule has 0 aliphatic carbocycles. The Morgan fingerprint density at radius 2 is 1.96 bits per heavy atom. The van der Waals surface area contributed by atoms with Crippen molar-refractivity contribution in [3.8, 4) is 17.0 Å². The van der Waals surface area contributed by atoms with Gasteiger partial charge in [-0.05, 0) is 50.2 Å². The average molecular weight is 365 g/mol. The van der Waals surface area contributed by atoms with Crippen molar-refractivity contribution in [2.45, 2.75) is 19.9 Å². The summed E-state index contributed by atoms with van der Waals surface area (Å²) in [6, 6.07) is 13.2. The molecule has 2 heterocycles. The van der Waals surface area contributed by atoms with Crippen LogP contribution in [-0.4, -0.2) is 39.3 Å². The zero-order valence-corrected chi connectivity index (χ0v) is 15.4. The molecule has 3 rings (SSSR count). The van der Waals surface area contributed by atoms with Gasteiger partial charge in [0, 0.05) is 35.8 Å². The van der Waals surface area contributed by atoms with Crippen LogP contribution in [0.4, 0.5) is 17.5 Å². The van der Waals surface area contributed by atoms with Gasteiger partial charge in [-0.3, -0.25) is 4.98 Å². The predicted molar refractivity (Wildman–Crippen MR) is 106 cm³/mol. The lowest BCUT2D eigenvalue weighted by Crippen LogP contribution is -2.21. The summed E-state index contributed by atoms with van der Waals surface area (Å²) in [7, 11) is 0. The molecule has 0 bridgehead atoms. The van der Waals surface area contributed by atoms with E-state index in [1.807, 2.05) is 56.3 Å². The predicted octanol–water partition coefficient (Wildman–Crippen LogP) is 3.47. The summed E-state index contributed by atoms with van der Waals surface area (Å²) in [6.45, 7) is 4.43. The number of benzene rings is 1. The van der Waals surface area contributed by atoms with Crippen LogP contribution in [0.15, 0.2) is 54.9 Å².